The number of hydrogen-bond donors (Lipinski definition) is 1. The molecule has 0 bridgehead atoms. The molecule has 0 atom stereocenters. The van der Waals surface area contributed by atoms with Crippen LogP contribution in [-0.4, -0.2) is 54.4 Å². The molecule has 1 aromatic heterocycles. The van der Waals surface area contributed by atoms with Crippen molar-refractivity contribution in [1.29, 1.82) is 0 Å². The minimum atomic E-state index is -4.02. The maximum atomic E-state index is 14.9. The number of nitrogens with zero attached hydrogens (tertiary/aromatic N) is 4. The summed E-state index contributed by atoms with van der Waals surface area (Å²) in [6.07, 6.45) is 0.434. The van der Waals surface area contributed by atoms with Crippen molar-refractivity contribution in [2.75, 3.05) is 20.3 Å². The second kappa shape index (κ2) is 10.3. The standard InChI is InChI=1S/C22H28FN5O3S/c1-16(2)27(11-12-31-3)15-21-25-22(13-17-7-5-4-6-8-17)28(26-21)20-10-9-18(14-19(20)23)32(24,29)30/h4-10,14,16H,11-13,15H2,1-3H3,(H2,24,29,30). The van der Waals surface area contributed by atoms with Crippen LogP contribution in [0, 0.1) is 5.82 Å². The van der Waals surface area contributed by atoms with Gasteiger partial charge in [-0.15, -0.1) is 5.10 Å². The normalized spacial score (nSPS) is 12.1. The average molecular weight is 462 g/mol. The maximum absolute atomic E-state index is 14.9. The van der Waals surface area contributed by atoms with Crippen LogP contribution in [-0.2, 0) is 27.7 Å². The van der Waals surface area contributed by atoms with Crippen molar-refractivity contribution >= 4 is 10.0 Å². The number of ether oxygens (including phenoxy) is 1. The number of rotatable bonds is 10. The predicted molar refractivity (Wildman–Crippen MR) is 119 cm³/mol. The molecule has 0 aliphatic rings. The fourth-order valence-corrected chi connectivity index (χ4v) is 3.82. The van der Waals surface area contributed by atoms with Crippen molar-refractivity contribution in [1.82, 2.24) is 19.7 Å². The van der Waals surface area contributed by atoms with Crippen LogP contribution in [0.2, 0.25) is 0 Å². The number of sulfonamides is 1. The molecule has 0 unspecified atom stereocenters. The van der Waals surface area contributed by atoms with Crippen LogP contribution < -0.4 is 5.14 Å². The molecule has 0 aliphatic carbocycles. The third-order valence-corrected chi connectivity index (χ3v) is 5.97. The highest BCUT2D eigenvalue weighted by Gasteiger charge is 2.20. The van der Waals surface area contributed by atoms with E-state index in [0.717, 1.165) is 11.6 Å². The Kier molecular flexibility index (Phi) is 7.73. The van der Waals surface area contributed by atoms with Crippen LogP contribution >= 0.6 is 0 Å². The lowest BCUT2D eigenvalue weighted by Gasteiger charge is -2.24. The van der Waals surface area contributed by atoms with Crippen LogP contribution in [0.25, 0.3) is 5.69 Å². The highest BCUT2D eigenvalue weighted by molar-refractivity contribution is 7.89. The molecule has 1 heterocycles. The van der Waals surface area contributed by atoms with Crippen LogP contribution in [0.3, 0.4) is 0 Å². The average Bonchev–Trinajstić information content (AvgIpc) is 3.12. The predicted octanol–water partition coefficient (Wildman–Crippen LogP) is 2.50. The van der Waals surface area contributed by atoms with Crippen molar-refractivity contribution in [2.24, 2.45) is 5.14 Å². The molecule has 172 valence electrons. The van der Waals surface area contributed by atoms with Crippen molar-refractivity contribution in [3.63, 3.8) is 0 Å². The van der Waals surface area contributed by atoms with Gasteiger partial charge in [-0.1, -0.05) is 30.3 Å². The summed E-state index contributed by atoms with van der Waals surface area (Å²) >= 11 is 0. The van der Waals surface area contributed by atoms with E-state index in [1.807, 2.05) is 30.3 Å². The van der Waals surface area contributed by atoms with Gasteiger partial charge in [-0.25, -0.2) is 27.6 Å². The summed E-state index contributed by atoms with van der Waals surface area (Å²) in [6, 6.07) is 13.4. The first kappa shape index (κ1) is 24.0. The van der Waals surface area contributed by atoms with E-state index in [1.54, 1.807) is 7.11 Å². The number of halogens is 1. The monoisotopic (exact) mass is 461 g/mol. The number of primary sulfonamides is 1. The van der Waals surface area contributed by atoms with E-state index in [4.69, 9.17) is 9.88 Å². The SMILES string of the molecule is COCCN(Cc1nc(Cc2ccccc2)n(-c2ccc(S(N)(=O)=O)cc2F)n1)C(C)C. The molecule has 3 aromatic rings. The third kappa shape index (κ3) is 5.98. The minimum Gasteiger partial charge on any atom is -0.383 e. The molecule has 2 aromatic carbocycles. The lowest BCUT2D eigenvalue weighted by molar-refractivity contribution is 0.123. The summed E-state index contributed by atoms with van der Waals surface area (Å²) in [7, 11) is -2.37. The molecule has 10 heteroatoms. The molecule has 0 amide bonds. The van der Waals surface area contributed by atoms with Gasteiger partial charge in [-0.2, -0.15) is 0 Å². The van der Waals surface area contributed by atoms with Gasteiger partial charge in [0.1, 0.15) is 17.3 Å². The Hall–Kier alpha value is -2.66. The molecule has 3 rings (SSSR count). The van der Waals surface area contributed by atoms with Gasteiger partial charge in [0.25, 0.3) is 0 Å². The van der Waals surface area contributed by atoms with Crippen molar-refractivity contribution < 1.29 is 17.5 Å². The van der Waals surface area contributed by atoms with Gasteiger partial charge in [0.15, 0.2) is 5.82 Å². The van der Waals surface area contributed by atoms with Crippen LogP contribution in [0.15, 0.2) is 53.4 Å². The molecular weight excluding hydrogens is 433 g/mol. The van der Waals surface area contributed by atoms with Crippen LogP contribution in [0.5, 0.6) is 0 Å². The number of benzene rings is 2. The quantitative estimate of drug-likeness (QED) is 0.498. The van der Waals surface area contributed by atoms with Gasteiger partial charge >= 0.3 is 0 Å². The Bertz CT molecular complexity index is 1150. The maximum Gasteiger partial charge on any atom is 0.238 e. The summed E-state index contributed by atoms with van der Waals surface area (Å²) in [5.41, 5.74) is 1.10. The van der Waals surface area contributed by atoms with Crippen LogP contribution in [0.4, 0.5) is 4.39 Å². The third-order valence-electron chi connectivity index (χ3n) is 5.06. The highest BCUT2D eigenvalue weighted by atomic mass is 32.2. The van der Waals surface area contributed by atoms with Crippen molar-refractivity contribution in [3.05, 3.63) is 71.6 Å². The van der Waals surface area contributed by atoms with Crippen molar-refractivity contribution in [2.45, 2.75) is 37.8 Å². The zero-order valence-corrected chi connectivity index (χ0v) is 19.2. The number of nitrogens with two attached hydrogens (primary N) is 1. The second-order valence-electron chi connectivity index (χ2n) is 7.73. The second-order valence-corrected chi connectivity index (χ2v) is 9.30. The van der Waals surface area contributed by atoms with E-state index in [0.29, 0.717) is 37.8 Å². The zero-order valence-electron chi connectivity index (χ0n) is 18.4. The molecule has 0 fully saturated rings. The molecule has 0 saturated carbocycles. The molecule has 0 saturated heterocycles. The van der Waals surface area contributed by atoms with Gasteiger partial charge in [0.05, 0.1) is 18.0 Å². The van der Waals surface area contributed by atoms with E-state index in [1.165, 1.54) is 16.8 Å². The Morgan fingerprint density at radius 3 is 2.50 bits per heavy atom. The number of methoxy groups -OCH3 is 1. The lowest BCUT2D eigenvalue weighted by Crippen LogP contribution is -2.33. The molecule has 2 N–H and O–H groups in total. The Morgan fingerprint density at radius 1 is 1.19 bits per heavy atom. The number of hydrogen-bond acceptors (Lipinski definition) is 6. The summed E-state index contributed by atoms with van der Waals surface area (Å²) < 4.78 is 44.7. The summed E-state index contributed by atoms with van der Waals surface area (Å²) in [4.78, 5) is 6.55. The van der Waals surface area contributed by atoms with Gasteiger partial charge in [-0.3, -0.25) is 4.90 Å². The van der Waals surface area contributed by atoms with Gasteiger partial charge < -0.3 is 4.74 Å². The molecule has 0 radical (unpaired) electrons. The van der Waals surface area contributed by atoms with Gasteiger partial charge in [-0.05, 0) is 37.6 Å². The van der Waals surface area contributed by atoms with Crippen LogP contribution in [0.1, 0.15) is 31.1 Å². The number of aromatic nitrogens is 3. The highest BCUT2D eigenvalue weighted by Crippen LogP contribution is 2.20. The fourth-order valence-electron chi connectivity index (χ4n) is 3.29. The first-order valence-corrected chi connectivity index (χ1v) is 11.8. The fraction of sp³-hybridized carbons (Fsp3) is 0.364. The first-order chi connectivity index (χ1) is 15.2. The van der Waals surface area contributed by atoms with Crippen molar-refractivity contribution in [3.8, 4) is 5.69 Å². The first-order valence-electron chi connectivity index (χ1n) is 10.2. The Morgan fingerprint density at radius 2 is 1.91 bits per heavy atom. The largest absolute Gasteiger partial charge is 0.383 e. The summed E-state index contributed by atoms with van der Waals surface area (Å²) in [6.45, 7) is 5.88. The summed E-state index contributed by atoms with van der Waals surface area (Å²) in [5.74, 6) is 0.335. The molecule has 0 spiro atoms. The Labute approximate surface area is 187 Å². The van der Waals surface area contributed by atoms with Gasteiger partial charge in [0.2, 0.25) is 10.0 Å². The molecular formula is C22H28FN5O3S. The van der Waals surface area contributed by atoms with E-state index < -0.39 is 15.8 Å². The lowest BCUT2D eigenvalue weighted by atomic mass is 10.1. The smallest absolute Gasteiger partial charge is 0.238 e. The van der Waals surface area contributed by atoms with E-state index in [9.17, 15) is 12.8 Å². The van der Waals surface area contributed by atoms with E-state index in [-0.39, 0.29) is 16.6 Å². The van der Waals surface area contributed by atoms with Gasteiger partial charge in [0, 0.05) is 26.1 Å². The topological polar surface area (TPSA) is 103 Å². The summed E-state index contributed by atoms with van der Waals surface area (Å²) in [5, 5.41) is 9.69. The van der Waals surface area contributed by atoms with E-state index in [2.05, 4.69) is 28.8 Å². The molecule has 0 aliphatic heterocycles. The molecule has 32 heavy (non-hydrogen) atoms. The zero-order chi connectivity index (χ0) is 23.3. The molecule has 8 nitrogen and oxygen atoms in total. The minimum absolute atomic E-state index is 0.107. The Balaban J connectivity index is 2.01. The van der Waals surface area contributed by atoms with E-state index >= 15 is 0 Å².